The SMILES string of the molecule is CCN(CCNC(=O)N(C)CC1CCCC1O)C(C)C. The summed E-state index contributed by atoms with van der Waals surface area (Å²) in [5.41, 5.74) is 0. The van der Waals surface area contributed by atoms with Crippen LogP contribution in [0.4, 0.5) is 4.79 Å². The average Bonchev–Trinajstić information content (AvgIpc) is 2.79. The molecule has 0 aromatic rings. The minimum Gasteiger partial charge on any atom is -0.393 e. The van der Waals surface area contributed by atoms with Crippen LogP contribution < -0.4 is 5.32 Å². The third-order valence-corrected chi connectivity index (χ3v) is 4.29. The predicted octanol–water partition coefficient (Wildman–Crippen LogP) is 1.52. The highest BCUT2D eigenvalue weighted by atomic mass is 16.3. The third kappa shape index (κ3) is 5.29. The lowest BCUT2D eigenvalue weighted by Gasteiger charge is -2.26. The molecule has 2 amide bonds. The second-order valence-electron chi connectivity index (χ2n) is 6.09. The van der Waals surface area contributed by atoms with E-state index in [1.807, 2.05) is 0 Å². The van der Waals surface area contributed by atoms with Gasteiger partial charge >= 0.3 is 6.03 Å². The number of nitrogens with one attached hydrogen (secondary N) is 1. The number of amides is 2. The van der Waals surface area contributed by atoms with Crippen molar-refractivity contribution in [3.8, 4) is 0 Å². The number of nitrogens with zero attached hydrogens (tertiary/aromatic N) is 2. The molecule has 2 unspecified atom stereocenters. The number of aliphatic hydroxyl groups excluding tert-OH is 1. The first kappa shape index (κ1) is 17.2. The minimum atomic E-state index is -0.234. The summed E-state index contributed by atoms with van der Waals surface area (Å²) in [7, 11) is 1.81. The minimum absolute atomic E-state index is 0.0380. The molecule has 0 bridgehead atoms. The molecule has 0 aromatic carbocycles. The smallest absolute Gasteiger partial charge is 0.317 e. The van der Waals surface area contributed by atoms with Crippen molar-refractivity contribution in [1.82, 2.24) is 15.1 Å². The summed E-state index contributed by atoms with van der Waals surface area (Å²) in [4.78, 5) is 16.0. The van der Waals surface area contributed by atoms with Crippen molar-refractivity contribution in [3.63, 3.8) is 0 Å². The van der Waals surface area contributed by atoms with Crippen molar-refractivity contribution in [1.29, 1.82) is 0 Å². The van der Waals surface area contributed by atoms with Crippen molar-refractivity contribution in [2.24, 2.45) is 5.92 Å². The Morgan fingerprint density at radius 2 is 2.10 bits per heavy atom. The largest absolute Gasteiger partial charge is 0.393 e. The van der Waals surface area contributed by atoms with Crippen LogP contribution in [0, 0.1) is 5.92 Å². The molecular weight excluding hydrogens is 254 g/mol. The van der Waals surface area contributed by atoms with Gasteiger partial charge in [-0.15, -0.1) is 0 Å². The summed E-state index contributed by atoms with van der Waals surface area (Å²) in [5.74, 6) is 0.244. The first-order valence-electron chi connectivity index (χ1n) is 7.86. The van der Waals surface area contributed by atoms with E-state index in [2.05, 4.69) is 31.0 Å². The Bertz CT molecular complexity index is 297. The maximum atomic E-state index is 12.0. The summed E-state index contributed by atoms with van der Waals surface area (Å²) in [6, 6.07) is 0.465. The molecule has 0 aromatic heterocycles. The van der Waals surface area contributed by atoms with Crippen molar-refractivity contribution >= 4 is 6.03 Å². The Morgan fingerprint density at radius 1 is 1.40 bits per heavy atom. The standard InChI is InChI=1S/C15H31N3O2/c1-5-18(12(2)3)10-9-16-15(20)17(4)11-13-7-6-8-14(13)19/h12-14,19H,5-11H2,1-4H3,(H,16,20). The van der Waals surface area contributed by atoms with Gasteiger partial charge in [-0.1, -0.05) is 13.3 Å². The predicted molar refractivity (Wildman–Crippen MR) is 81.8 cm³/mol. The number of carbonyl (C=O) groups excluding carboxylic acids is 1. The van der Waals surface area contributed by atoms with E-state index < -0.39 is 0 Å². The first-order valence-corrected chi connectivity index (χ1v) is 7.86. The lowest BCUT2D eigenvalue weighted by Crippen LogP contribution is -2.44. The van der Waals surface area contributed by atoms with Gasteiger partial charge in [0.05, 0.1) is 6.10 Å². The molecule has 5 nitrogen and oxygen atoms in total. The van der Waals surface area contributed by atoms with Crippen LogP contribution in [-0.4, -0.2) is 66.3 Å². The molecule has 5 heteroatoms. The lowest BCUT2D eigenvalue weighted by atomic mass is 10.1. The van der Waals surface area contributed by atoms with E-state index in [1.165, 1.54) is 0 Å². The maximum absolute atomic E-state index is 12.0. The van der Waals surface area contributed by atoms with E-state index in [1.54, 1.807) is 11.9 Å². The van der Waals surface area contributed by atoms with Gasteiger partial charge in [-0.3, -0.25) is 4.90 Å². The van der Waals surface area contributed by atoms with Crippen molar-refractivity contribution < 1.29 is 9.90 Å². The molecular formula is C15H31N3O2. The molecule has 1 fully saturated rings. The highest BCUT2D eigenvalue weighted by Crippen LogP contribution is 2.25. The summed E-state index contributed by atoms with van der Waals surface area (Å²) in [6.07, 6.45) is 2.73. The highest BCUT2D eigenvalue weighted by molar-refractivity contribution is 5.73. The molecule has 1 saturated carbocycles. The van der Waals surface area contributed by atoms with E-state index in [4.69, 9.17) is 0 Å². The van der Waals surface area contributed by atoms with Crippen molar-refractivity contribution in [2.75, 3.05) is 33.2 Å². The van der Waals surface area contributed by atoms with Crippen LogP contribution in [0.15, 0.2) is 0 Å². The molecule has 1 rings (SSSR count). The summed E-state index contributed by atoms with van der Waals surface area (Å²) in [6.45, 7) is 9.65. The van der Waals surface area contributed by atoms with Gasteiger partial charge in [0.15, 0.2) is 0 Å². The monoisotopic (exact) mass is 285 g/mol. The summed E-state index contributed by atoms with van der Waals surface area (Å²) in [5, 5.41) is 12.8. The average molecular weight is 285 g/mol. The number of urea groups is 1. The molecule has 2 N–H and O–H groups in total. The Hall–Kier alpha value is -0.810. The molecule has 0 aliphatic heterocycles. The Balaban J connectivity index is 2.24. The summed E-state index contributed by atoms with van der Waals surface area (Å²) >= 11 is 0. The molecule has 0 radical (unpaired) electrons. The molecule has 0 heterocycles. The molecule has 1 aliphatic carbocycles. The normalized spacial score (nSPS) is 22.6. The molecule has 20 heavy (non-hydrogen) atoms. The van der Waals surface area contributed by atoms with Gasteiger partial charge in [0.25, 0.3) is 0 Å². The van der Waals surface area contributed by atoms with E-state index in [0.717, 1.165) is 32.4 Å². The molecule has 118 valence electrons. The highest BCUT2D eigenvalue weighted by Gasteiger charge is 2.27. The van der Waals surface area contributed by atoms with Gasteiger partial charge in [-0.25, -0.2) is 4.79 Å². The number of aliphatic hydroxyl groups is 1. The Morgan fingerprint density at radius 3 is 2.60 bits per heavy atom. The van der Waals surface area contributed by atoms with Crippen LogP contribution in [0.25, 0.3) is 0 Å². The quantitative estimate of drug-likeness (QED) is 0.745. The molecule has 1 aliphatic rings. The fourth-order valence-electron chi connectivity index (χ4n) is 2.89. The second kappa shape index (κ2) is 8.47. The summed E-state index contributed by atoms with van der Waals surface area (Å²) < 4.78 is 0. The zero-order valence-corrected chi connectivity index (χ0v) is 13.4. The van der Waals surface area contributed by atoms with Gasteiger partial charge in [0, 0.05) is 38.6 Å². The van der Waals surface area contributed by atoms with Crippen LogP contribution in [-0.2, 0) is 0 Å². The Labute approximate surface area is 123 Å². The van der Waals surface area contributed by atoms with Gasteiger partial charge in [-0.2, -0.15) is 0 Å². The van der Waals surface area contributed by atoms with E-state index >= 15 is 0 Å². The molecule has 0 saturated heterocycles. The van der Waals surface area contributed by atoms with Crippen molar-refractivity contribution in [3.05, 3.63) is 0 Å². The van der Waals surface area contributed by atoms with Gasteiger partial charge < -0.3 is 15.3 Å². The Kier molecular flexibility index (Phi) is 7.30. The topological polar surface area (TPSA) is 55.8 Å². The number of hydrogen-bond donors (Lipinski definition) is 2. The van der Waals surface area contributed by atoms with Crippen LogP contribution in [0.3, 0.4) is 0 Å². The second-order valence-corrected chi connectivity index (χ2v) is 6.09. The van der Waals surface area contributed by atoms with Crippen LogP contribution >= 0.6 is 0 Å². The third-order valence-electron chi connectivity index (χ3n) is 4.29. The number of hydrogen-bond acceptors (Lipinski definition) is 3. The first-order chi connectivity index (χ1) is 9.45. The number of rotatable bonds is 7. The van der Waals surface area contributed by atoms with E-state index in [0.29, 0.717) is 19.1 Å². The molecule has 0 spiro atoms. The number of likely N-dealkylation sites (N-methyl/N-ethyl adjacent to an activating group) is 1. The fraction of sp³-hybridized carbons (Fsp3) is 0.933. The van der Waals surface area contributed by atoms with Gasteiger partial charge in [0.2, 0.25) is 0 Å². The van der Waals surface area contributed by atoms with E-state index in [-0.39, 0.29) is 18.1 Å². The number of carbonyl (C=O) groups is 1. The van der Waals surface area contributed by atoms with Crippen LogP contribution in [0.2, 0.25) is 0 Å². The van der Waals surface area contributed by atoms with Crippen LogP contribution in [0.5, 0.6) is 0 Å². The maximum Gasteiger partial charge on any atom is 0.317 e. The zero-order valence-electron chi connectivity index (χ0n) is 13.4. The van der Waals surface area contributed by atoms with Gasteiger partial charge in [-0.05, 0) is 33.2 Å². The molecule has 2 atom stereocenters. The van der Waals surface area contributed by atoms with Gasteiger partial charge in [0.1, 0.15) is 0 Å². The zero-order chi connectivity index (χ0) is 15.1. The fourth-order valence-corrected chi connectivity index (χ4v) is 2.89. The van der Waals surface area contributed by atoms with E-state index in [9.17, 15) is 9.90 Å². The van der Waals surface area contributed by atoms with Crippen molar-refractivity contribution in [2.45, 2.75) is 52.2 Å². The van der Waals surface area contributed by atoms with Crippen LogP contribution in [0.1, 0.15) is 40.0 Å². The lowest BCUT2D eigenvalue weighted by molar-refractivity contribution is 0.113.